The Morgan fingerprint density at radius 1 is 0.800 bits per heavy atom. The van der Waals surface area contributed by atoms with Gasteiger partial charge in [0.05, 0.1) is 31.2 Å². The summed E-state index contributed by atoms with van der Waals surface area (Å²) in [6.45, 7) is 3.56. The second-order valence-electron chi connectivity index (χ2n) is 7.42. The summed E-state index contributed by atoms with van der Waals surface area (Å²) in [6, 6.07) is 13.9. The van der Waals surface area contributed by atoms with Crippen LogP contribution in [0, 0.1) is 0 Å². The van der Waals surface area contributed by atoms with Crippen molar-refractivity contribution < 1.29 is 19.5 Å². The highest BCUT2D eigenvalue weighted by Gasteiger charge is 2.24. The molecule has 0 unspecified atom stereocenters. The average Bonchev–Trinajstić information content (AvgIpc) is 2.82. The van der Waals surface area contributed by atoms with Gasteiger partial charge in [-0.05, 0) is 59.7 Å². The number of aromatic carboxylic acids is 1. The molecule has 3 rings (SSSR count). The van der Waals surface area contributed by atoms with Crippen LogP contribution in [0.15, 0.2) is 67.3 Å². The molecule has 0 saturated carbocycles. The summed E-state index contributed by atoms with van der Waals surface area (Å²) in [5, 5.41) is 13.6. The van der Waals surface area contributed by atoms with Crippen molar-refractivity contribution in [2.24, 2.45) is 0 Å². The number of amides is 2. The molecule has 0 aliphatic rings. The van der Waals surface area contributed by atoms with E-state index in [9.17, 15) is 19.5 Å². The molecule has 3 aromatic rings. The Morgan fingerprint density at radius 2 is 1.34 bits per heavy atom. The molecule has 0 aromatic heterocycles. The van der Waals surface area contributed by atoms with Gasteiger partial charge in [0.15, 0.2) is 0 Å². The molecule has 0 fully saturated rings. The number of hydrogen-bond donors (Lipinski definition) is 2. The van der Waals surface area contributed by atoms with Crippen molar-refractivity contribution in [2.75, 3.05) is 5.32 Å². The van der Waals surface area contributed by atoms with Crippen molar-refractivity contribution in [2.45, 2.75) is 13.1 Å². The molecule has 0 aliphatic carbocycles. The Balaban J connectivity index is 2.02. The van der Waals surface area contributed by atoms with Crippen LogP contribution in [0.3, 0.4) is 0 Å². The van der Waals surface area contributed by atoms with Gasteiger partial charge in [-0.1, -0.05) is 65.1 Å². The van der Waals surface area contributed by atoms with Gasteiger partial charge >= 0.3 is 5.97 Å². The van der Waals surface area contributed by atoms with Crippen LogP contribution in [0.5, 0.6) is 0 Å². The first kappa shape index (κ1) is 26.6. The minimum atomic E-state index is -1.33. The molecule has 0 aliphatic heterocycles. The smallest absolute Gasteiger partial charge is 0.336 e. The molecule has 2 N–H and O–H groups in total. The SMILES string of the molecule is C=CC(=O)Nc1ccc(C(=O)N(Cc2ccc(Cl)c(Cl)c2)Cc2ccc(Cl)c(Cl)c2)c(C(=O)O)c1. The Morgan fingerprint density at radius 3 is 1.80 bits per heavy atom. The lowest BCUT2D eigenvalue weighted by atomic mass is 10.0. The van der Waals surface area contributed by atoms with Crippen molar-refractivity contribution >= 4 is 69.9 Å². The van der Waals surface area contributed by atoms with Crippen molar-refractivity contribution in [3.8, 4) is 0 Å². The summed E-state index contributed by atoms with van der Waals surface area (Å²) in [5.74, 6) is -2.39. The molecule has 0 radical (unpaired) electrons. The summed E-state index contributed by atoms with van der Waals surface area (Å²) >= 11 is 24.3. The number of carboxylic acids is 1. The van der Waals surface area contributed by atoms with E-state index in [1.807, 2.05) is 0 Å². The van der Waals surface area contributed by atoms with Gasteiger partial charge < -0.3 is 15.3 Å². The van der Waals surface area contributed by atoms with Crippen LogP contribution < -0.4 is 5.32 Å². The monoisotopic (exact) mass is 550 g/mol. The van der Waals surface area contributed by atoms with E-state index in [-0.39, 0.29) is 29.9 Å². The van der Waals surface area contributed by atoms with E-state index in [4.69, 9.17) is 46.4 Å². The standard InChI is InChI=1S/C25H18Cl4N2O4/c1-2-23(32)30-16-5-6-17(18(11-16)25(34)35)24(33)31(12-14-3-7-19(26)21(28)9-14)13-15-4-8-20(27)22(29)10-15/h2-11H,1,12-13H2,(H,30,32)(H,34,35). The van der Waals surface area contributed by atoms with E-state index >= 15 is 0 Å². The lowest BCUT2D eigenvalue weighted by Crippen LogP contribution is -2.31. The Labute approximate surface area is 221 Å². The maximum absolute atomic E-state index is 13.6. The van der Waals surface area contributed by atoms with Crippen molar-refractivity contribution in [1.29, 1.82) is 0 Å². The van der Waals surface area contributed by atoms with E-state index in [0.29, 0.717) is 31.2 Å². The van der Waals surface area contributed by atoms with Gasteiger partial charge in [-0.25, -0.2) is 4.79 Å². The molecule has 10 heteroatoms. The summed E-state index contributed by atoms with van der Waals surface area (Å²) in [6.07, 6.45) is 1.05. The molecule has 0 bridgehead atoms. The highest BCUT2D eigenvalue weighted by molar-refractivity contribution is 6.42. The Hall–Kier alpha value is -3.03. The number of anilines is 1. The van der Waals surface area contributed by atoms with Gasteiger partial charge in [-0.2, -0.15) is 0 Å². The van der Waals surface area contributed by atoms with Gasteiger partial charge in [0.25, 0.3) is 5.91 Å². The predicted molar refractivity (Wildman–Crippen MR) is 139 cm³/mol. The van der Waals surface area contributed by atoms with Crippen LogP contribution in [0.2, 0.25) is 20.1 Å². The van der Waals surface area contributed by atoms with Gasteiger partial charge in [-0.15, -0.1) is 0 Å². The average molecular weight is 552 g/mol. The van der Waals surface area contributed by atoms with Gasteiger partial charge in [0.1, 0.15) is 0 Å². The number of carbonyl (C=O) groups excluding carboxylic acids is 2. The number of carbonyl (C=O) groups is 3. The summed E-state index contributed by atoms with van der Waals surface area (Å²) in [4.78, 5) is 38.6. The lowest BCUT2D eigenvalue weighted by molar-refractivity contribution is -0.111. The second kappa shape index (κ2) is 11.6. The van der Waals surface area contributed by atoms with E-state index in [1.54, 1.807) is 36.4 Å². The first-order chi connectivity index (χ1) is 16.6. The summed E-state index contributed by atoms with van der Waals surface area (Å²) in [5.41, 5.74) is 1.24. The summed E-state index contributed by atoms with van der Waals surface area (Å²) < 4.78 is 0. The van der Waals surface area contributed by atoms with Crippen molar-refractivity contribution in [3.63, 3.8) is 0 Å². The van der Waals surface area contributed by atoms with Crippen LogP contribution in [-0.2, 0) is 17.9 Å². The fourth-order valence-corrected chi connectivity index (χ4v) is 3.91. The zero-order chi connectivity index (χ0) is 25.7. The number of halogens is 4. The maximum Gasteiger partial charge on any atom is 0.336 e. The molecule has 0 spiro atoms. The molecule has 2 amide bonds. The third-order valence-corrected chi connectivity index (χ3v) is 6.41. The number of nitrogens with one attached hydrogen (secondary N) is 1. The minimum absolute atomic E-state index is 0.0609. The van der Waals surface area contributed by atoms with Gasteiger partial charge in [-0.3, -0.25) is 9.59 Å². The fraction of sp³-hybridized carbons (Fsp3) is 0.0800. The maximum atomic E-state index is 13.6. The van der Waals surface area contributed by atoms with Crippen LogP contribution in [0.1, 0.15) is 31.8 Å². The number of hydrogen-bond acceptors (Lipinski definition) is 3. The number of nitrogens with zero attached hydrogens (tertiary/aromatic N) is 1. The van der Waals surface area contributed by atoms with Crippen LogP contribution >= 0.6 is 46.4 Å². The highest BCUT2D eigenvalue weighted by atomic mass is 35.5. The zero-order valence-electron chi connectivity index (χ0n) is 18.0. The molecule has 0 saturated heterocycles. The van der Waals surface area contributed by atoms with Gasteiger partial charge in [0.2, 0.25) is 5.91 Å². The summed E-state index contributed by atoms with van der Waals surface area (Å²) in [7, 11) is 0. The molecule has 0 heterocycles. The van der Waals surface area contributed by atoms with E-state index in [1.165, 1.54) is 23.1 Å². The van der Waals surface area contributed by atoms with Crippen LogP contribution in [0.4, 0.5) is 5.69 Å². The van der Waals surface area contributed by atoms with E-state index in [0.717, 1.165) is 6.08 Å². The van der Waals surface area contributed by atoms with E-state index in [2.05, 4.69) is 11.9 Å². The van der Waals surface area contributed by atoms with Crippen molar-refractivity contribution in [1.82, 2.24) is 4.90 Å². The lowest BCUT2D eigenvalue weighted by Gasteiger charge is -2.24. The second-order valence-corrected chi connectivity index (χ2v) is 9.05. The number of rotatable bonds is 8. The molecule has 3 aromatic carbocycles. The minimum Gasteiger partial charge on any atom is -0.478 e. The van der Waals surface area contributed by atoms with E-state index < -0.39 is 17.8 Å². The Bertz CT molecular complexity index is 1270. The molecule has 180 valence electrons. The first-order valence-corrected chi connectivity index (χ1v) is 11.6. The highest BCUT2D eigenvalue weighted by Crippen LogP contribution is 2.27. The van der Waals surface area contributed by atoms with Crippen LogP contribution in [-0.4, -0.2) is 27.8 Å². The van der Waals surface area contributed by atoms with Crippen molar-refractivity contribution in [3.05, 3.63) is 110 Å². The molecular formula is C25H18Cl4N2O4. The largest absolute Gasteiger partial charge is 0.478 e. The Kier molecular flexibility index (Phi) is 8.81. The normalized spacial score (nSPS) is 10.5. The molecule has 35 heavy (non-hydrogen) atoms. The number of carboxylic acid groups (broad SMARTS) is 1. The third-order valence-electron chi connectivity index (χ3n) is 4.94. The fourth-order valence-electron chi connectivity index (χ4n) is 3.27. The molecular weight excluding hydrogens is 534 g/mol. The van der Waals surface area contributed by atoms with Crippen LogP contribution in [0.25, 0.3) is 0 Å². The number of benzene rings is 3. The molecule has 6 nitrogen and oxygen atoms in total. The van der Waals surface area contributed by atoms with Gasteiger partial charge in [0, 0.05) is 18.8 Å². The first-order valence-electron chi connectivity index (χ1n) is 10.1. The third kappa shape index (κ3) is 6.77. The molecule has 0 atom stereocenters. The quantitative estimate of drug-likeness (QED) is 0.296. The zero-order valence-corrected chi connectivity index (χ0v) is 21.0. The predicted octanol–water partition coefficient (Wildman–Crippen LogP) is 6.97. The topological polar surface area (TPSA) is 86.7 Å².